The minimum absolute atomic E-state index is 0.00708. The molecule has 0 N–H and O–H groups in total. The quantitative estimate of drug-likeness (QED) is 0.157. The first-order valence-electron chi connectivity index (χ1n) is 16.5. The number of hydrogen-bond donors (Lipinski definition) is 0. The number of carbonyl (C=O) groups excluding carboxylic acids is 2. The Balaban J connectivity index is 1.02. The maximum Gasteiger partial charge on any atom is 0.166 e. The fourth-order valence-corrected chi connectivity index (χ4v) is 6.93. The van der Waals surface area contributed by atoms with Gasteiger partial charge in [-0.05, 0) is 60.4 Å². The van der Waals surface area contributed by atoms with Crippen molar-refractivity contribution < 1.29 is 37.3 Å². The summed E-state index contributed by atoms with van der Waals surface area (Å²) in [6, 6.07) is 15.9. The molecule has 8 nitrogen and oxygen atoms in total. The Labute approximate surface area is 278 Å². The number of ketones is 2. The number of halogens is 2. The molecule has 2 heterocycles. The number of nitrogens with zero attached hydrogens (tertiary/aromatic N) is 2. The Kier molecular flexibility index (Phi) is 9.11. The zero-order valence-corrected chi connectivity index (χ0v) is 26.9. The maximum atomic E-state index is 15.4. The number of ether oxygens (including phenoxy) is 4. The zero-order chi connectivity index (χ0) is 33.3. The van der Waals surface area contributed by atoms with E-state index in [1.807, 2.05) is 6.07 Å². The van der Waals surface area contributed by atoms with Crippen LogP contribution < -0.4 is 14.2 Å². The van der Waals surface area contributed by atoms with Crippen molar-refractivity contribution in [3.8, 4) is 23.0 Å². The molecule has 10 heteroatoms. The molecule has 2 aliphatic carbocycles. The molecule has 0 radical (unpaired) electrons. The summed E-state index contributed by atoms with van der Waals surface area (Å²) in [5.74, 6) is 0.104. The average molecular weight is 657 g/mol. The van der Waals surface area contributed by atoms with Crippen LogP contribution in [0.1, 0.15) is 43.2 Å². The highest BCUT2D eigenvalue weighted by atomic mass is 19.1. The van der Waals surface area contributed by atoms with Crippen molar-refractivity contribution in [2.45, 2.75) is 57.1 Å². The van der Waals surface area contributed by atoms with Gasteiger partial charge in [0, 0.05) is 62.5 Å². The van der Waals surface area contributed by atoms with Gasteiger partial charge in [0.05, 0.1) is 31.3 Å². The van der Waals surface area contributed by atoms with Crippen LogP contribution >= 0.6 is 0 Å². The van der Waals surface area contributed by atoms with Crippen molar-refractivity contribution in [1.29, 1.82) is 0 Å². The number of benzene rings is 3. The molecule has 250 valence electrons. The lowest BCUT2D eigenvalue weighted by molar-refractivity contribution is -0.145. The molecule has 0 bridgehead atoms. The lowest BCUT2D eigenvalue weighted by Gasteiger charge is -2.44. The first-order valence-corrected chi connectivity index (χ1v) is 16.5. The molecular weight excluding hydrogens is 618 g/mol. The highest BCUT2D eigenvalue weighted by Crippen LogP contribution is 2.45. The van der Waals surface area contributed by atoms with E-state index in [-0.39, 0.29) is 42.1 Å². The van der Waals surface area contributed by atoms with E-state index >= 15 is 4.39 Å². The third-order valence-corrected chi connectivity index (χ3v) is 10.0. The summed E-state index contributed by atoms with van der Waals surface area (Å²) in [6.45, 7) is 3.45. The Morgan fingerprint density at radius 2 is 1.58 bits per heavy atom. The molecule has 0 spiro atoms. The van der Waals surface area contributed by atoms with Crippen molar-refractivity contribution >= 4 is 22.5 Å². The minimum atomic E-state index is -1.08. The van der Waals surface area contributed by atoms with Gasteiger partial charge < -0.3 is 18.9 Å². The van der Waals surface area contributed by atoms with Gasteiger partial charge >= 0.3 is 0 Å². The Hall–Kier alpha value is -4.41. The van der Waals surface area contributed by atoms with Crippen LogP contribution in [0.4, 0.5) is 8.78 Å². The number of carbonyl (C=O) groups is 2. The van der Waals surface area contributed by atoms with Crippen LogP contribution in [0.5, 0.6) is 23.0 Å². The minimum Gasteiger partial charge on any atom is -0.493 e. The molecule has 0 atom stereocenters. The predicted octanol–water partition coefficient (Wildman–Crippen LogP) is 6.65. The number of pyridine rings is 1. The maximum absolute atomic E-state index is 15.4. The van der Waals surface area contributed by atoms with E-state index < -0.39 is 11.2 Å². The molecule has 1 saturated heterocycles. The van der Waals surface area contributed by atoms with Crippen molar-refractivity contribution in [2.75, 3.05) is 33.4 Å². The molecule has 2 saturated carbocycles. The molecular formula is C38H38F2N2O6. The SMILES string of the molecule is COc1cc2c(Oc3ccc(CC(=O)C4(C(=O)Cc5ccc(F)cc5)CCC4)cc3F)ccnc2cc1OC1CC(N2CCOCC2)C1. The fourth-order valence-electron chi connectivity index (χ4n) is 6.93. The largest absolute Gasteiger partial charge is 0.493 e. The Morgan fingerprint density at radius 3 is 2.25 bits per heavy atom. The van der Waals surface area contributed by atoms with E-state index in [4.69, 9.17) is 18.9 Å². The number of fused-ring (bicyclic) bond motifs is 1. The second kappa shape index (κ2) is 13.6. The average Bonchev–Trinajstić information content (AvgIpc) is 3.04. The first-order chi connectivity index (χ1) is 23.3. The first kappa shape index (κ1) is 32.2. The van der Waals surface area contributed by atoms with Crippen LogP contribution in [0.2, 0.25) is 0 Å². The van der Waals surface area contributed by atoms with Gasteiger partial charge in [-0.25, -0.2) is 8.78 Å². The van der Waals surface area contributed by atoms with E-state index in [1.165, 1.54) is 24.3 Å². The number of Topliss-reactive ketones (excluding diaryl/α,β-unsaturated/α-hetero) is 2. The van der Waals surface area contributed by atoms with Gasteiger partial charge in [0.2, 0.25) is 0 Å². The number of hydrogen-bond acceptors (Lipinski definition) is 8. The summed E-state index contributed by atoms with van der Waals surface area (Å²) in [5.41, 5.74) is 0.654. The topological polar surface area (TPSA) is 87.2 Å². The number of rotatable bonds is 12. The van der Waals surface area contributed by atoms with Gasteiger partial charge in [-0.3, -0.25) is 19.5 Å². The van der Waals surface area contributed by atoms with Crippen molar-refractivity contribution in [1.82, 2.24) is 9.88 Å². The van der Waals surface area contributed by atoms with Crippen LogP contribution in [0, 0.1) is 17.0 Å². The third kappa shape index (κ3) is 6.51. The van der Waals surface area contributed by atoms with Crippen LogP contribution in [0.15, 0.2) is 66.9 Å². The summed E-state index contributed by atoms with van der Waals surface area (Å²) < 4.78 is 52.2. The van der Waals surface area contributed by atoms with E-state index in [0.29, 0.717) is 58.2 Å². The number of morpholine rings is 1. The second-order valence-electron chi connectivity index (χ2n) is 13.0. The molecule has 0 amide bonds. The lowest BCUT2D eigenvalue weighted by atomic mass is 9.61. The van der Waals surface area contributed by atoms with Crippen molar-refractivity contribution in [3.05, 3.63) is 89.6 Å². The van der Waals surface area contributed by atoms with Gasteiger partial charge in [0.25, 0.3) is 0 Å². The molecule has 7 rings (SSSR count). The predicted molar refractivity (Wildman–Crippen MR) is 175 cm³/mol. The Morgan fingerprint density at radius 1 is 0.875 bits per heavy atom. The smallest absolute Gasteiger partial charge is 0.166 e. The van der Waals surface area contributed by atoms with Gasteiger partial charge in [0.1, 0.15) is 17.7 Å². The molecule has 0 unspecified atom stereocenters. The summed E-state index contributed by atoms with van der Waals surface area (Å²) in [5, 5.41) is 0.631. The van der Waals surface area contributed by atoms with Gasteiger partial charge in [-0.15, -0.1) is 0 Å². The van der Waals surface area contributed by atoms with Crippen LogP contribution in [-0.4, -0.2) is 67.0 Å². The molecule has 1 aliphatic heterocycles. The fraction of sp³-hybridized carbons (Fsp3) is 0.395. The number of methoxy groups -OCH3 is 1. The number of aromatic nitrogens is 1. The molecule has 1 aromatic heterocycles. The molecule has 3 aliphatic rings. The zero-order valence-electron chi connectivity index (χ0n) is 26.9. The lowest BCUT2D eigenvalue weighted by Crippen LogP contribution is -2.52. The summed E-state index contributed by atoms with van der Waals surface area (Å²) >= 11 is 0. The highest BCUT2D eigenvalue weighted by molar-refractivity contribution is 6.09. The molecule has 3 aromatic carbocycles. The van der Waals surface area contributed by atoms with Gasteiger partial charge in [-0.1, -0.05) is 24.6 Å². The van der Waals surface area contributed by atoms with Crippen LogP contribution in [-0.2, 0) is 27.2 Å². The van der Waals surface area contributed by atoms with E-state index in [0.717, 1.165) is 45.6 Å². The summed E-state index contributed by atoms with van der Waals surface area (Å²) in [7, 11) is 1.58. The molecule has 3 fully saturated rings. The normalized spacial score (nSPS) is 20.4. The summed E-state index contributed by atoms with van der Waals surface area (Å²) in [4.78, 5) is 33.6. The van der Waals surface area contributed by atoms with Crippen molar-refractivity contribution in [2.24, 2.45) is 5.41 Å². The second-order valence-corrected chi connectivity index (χ2v) is 13.0. The molecule has 4 aromatic rings. The van der Waals surface area contributed by atoms with Crippen molar-refractivity contribution in [3.63, 3.8) is 0 Å². The van der Waals surface area contributed by atoms with E-state index in [1.54, 1.807) is 43.6 Å². The third-order valence-electron chi connectivity index (χ3n) is 10.0. The highest BCUT2D eigenvalue weighted by Gasteiger charge is 2.49. The van der Waals surface area contributed by atoms with Crippen LogP contribution in [0.3, 0.4) is 0 Å². The monoisotopic (exact) mass is 656 g/mol. The standard InChI is InChI=1S/C38H38F2N2O6/c1-45-34-22-29-31(23-35(34)47-28-20-27(21-28)42-13-15-46-16-14-42)41-12-9-32(29)48-33-8-5-25(17-30(33)40)19-37(44)38(10-2-11-38)36(43)18-24-3-6-26(39)7-4-24/h3-9,12,17,22-23,27-28H,2,10-11,13-16,18-21H2,1H3. The summed E-state index contributed by atoms with van der Waals surface area (Å²) in [6.07, 6.45) is 5.24. The van der Waals surface area contributed by atoms with E-state index in [9.17, 15) is 14.0 Å². The Bertz CT molecular complexity index is 1810. The molecule has 48 heavy (non-hydrogen) atoms. The van der Waals surface area contributed by atoms with E-state index in [2.05, 4.69) is 9.88 Å². The van der Waals surface area contributed by atoms with Gasteiger partial charge in [-0.2, -0.15) is 0 Å². The van der Waals surface area contributed by atoms with Crippen LogP contribution in [0.25, 0.3) is 10.9 Å². The van der Waals surface area contributed by atoms with Gasteiger partial charge in [0.15, 0.2) is 34.6 Å².